The van der Waals surface area contributed by atoms with Crippen molar-refractivity contribution >= 4 is 0 Å². The fraction of sp³-hybridized carbons (Fsp3) is 0.600. The molecule has 0 radical (unpaired) electrons. The van der Waals surface area contributed by atoms with E-state index < -0.39 is 17.7 Å². The Bertz CT molecular complexity index is 486. The van der Waals surface area contributed by atoms with E-state index in [2.05, 4.69) is 0 Å². The van der Waals surface area contributed by atoms with Crippen LogP contribution in [0.3, 0.4) is 0 Å². The first-order valence-electron chi connectivity index (χ1n) is 6.94. The van der Waals surface area contributed by atoms with Crippen LogP contribution < -0.4 is 0 Å². The lowest BCUT2D eigenvalue weighted by Gasteiger charge is -2.39. The summed E-state index contributed by atoms with van der Waals surface area (Å²) in [5.41, 5.74) is -0.320. The number of aliphatic hydroxyl groups excluding tert-OH is 1. The smallest absolute Gasteiger partial charge is 0.129 e. The second-order valence-corrected chi connectivity index (χ2v) is 5.70. The molecule has 110 valence electrons. The van der Waals surface area contributed by atoms with E-state index in [1.165, 1.54) is 0 Å². The summed E-state index contributed by atoms with van der Waals surface area (Å²) in [5, 5.41) is 10.4. The monoisotopic (exact) mass is 284 g/mol. The highest BCUT2D eigenvalue weighted by molar-refractivity contribution is 5.22. The number of hydrogen-bond donors (Lipinski definition) is 1. The first-order chi connectivity index (χ1) is 9.60. The molecular weight excluding hydrogens is 266 g/mol. The van der Waals surface area contributed by atoms with Gasteiger partial charge < -0.3 is 14.6 Å². The minimum Gasteiger partial charge on any atom is -0.388 e. The van der Waals surface area contributed by atoms with E-state index in [1.807, 2.05) is 0 Å². The van der Waals surface area contributed by atoms with Crippen LogP contribution in [-0.4, -0.2) is 30.5 Å². The van der Waals surface area contributed by atoms with Gasteiger partial charge >= 0.3 is 0 Å². The third-order valence-electron chi connectivity index (χ3n) is 4.32. The Hall–Kier alpha value is -1.04. The summed E-state index contributed by atoms with van der Waals surface area (Å²) < 4.78 is 38.2. The lowest BCUT2D eigenvalue weighted by molar-refractivity contribution is -0.117. The fourth-order valence-corrected chi connectivity index (χ4v) is 3.19. The average molecular weight is 284 g/mol. The van der Waals surface area contributed by atoms with Crippen LogP contribution in [0.25, 0.3) is 0 Å². The van der Waals surface area contributed by atoms with Gasteiger partial charge in [0.2, 0.25) is 0 Å². The van der Waals surface area contributed by atoms with Crippen LogP contribution in [0.2, 0.25) is 0 Å². The van der Waals surface area contributed by atoms with E-state index >= 15 is 0 Å². The van der Waals surface area contributed by atoms with E-state index in [0.717, 1.165) is 24.6 Å². The molecule has 20 heavy (non-hydrogen) atoms. The molecule has 1 spiro atoms. The lowest BCUT2D eigenvalue weighted by Crippen LogP contribution is -2.42. The molecule has 2 aliphatic rings. The Morgan fingerprint density at radius 1 is 1.30 bits per heavy atom. The molecule has 1 N–H and O–H groups in total. The highest BCUT2D eigenvalue weighted by Gasteiger charge is 2.43. The van der Waals surface area contributed by atoms with Gasteiger partial charge in [0, 0.05) is 25.2 Å². The van der Waals surface area contributed by atoms with Crippen molar-refractivity contribution in [2.24, 2.45) is 5.92 Å². The van der Waals surface area contributed by atoms with E-state index in [0.29, 0.717) is 32.7 Å². The van der Waals surface area contributed by atoms with E-state index in [-0.39, 0.29) is 17.1 Å². The number of rotatable bonds is 2. The van der Waals surface area contributed by atoms with Crippen LogP contribution in [-0.2, 0) is 9.47 Å². The molecule has 2 heterocycles. The van der Waals surface area contributed by atoms with Crippen LogP contribution in [0, 0.1) is 17.6 Å². The molecule has 0 amide bonds. The zero-order valence-electron chi connectivity index (χ0n) is 11.1. The zero-order valence-corrected chi connectivity index (χ0v) is 11.1. The van der Waals surface area contributed by atoms with Gasteiger partial charge in [-0.3, -0.25) is 0 Å². The Morgan fingerprint density at radius 2 is 2.15 bits per heavy atom. The summed E-state index contributed by atoms with van der Waals surface area (Å²) in [6, 6.07) is 3.19. The Balaban J connectivity index is 1.79. The van der Waals surface area contributed by atoms with Crippen molar-refractivity contribution in [3.05, 3.63) is 35.4 Å². The molecule has 1 aromatic carbocycles. The molecule has 0 aliphatic carbocycles. The largest absolute Gasteiger partial charge is 0.388 e. The van der Waals surface area contributed by atoms with Crippen molar-refractivity contribution in [3.8, 4) is 0 Å². The standard InChI is InChI=1S/C15H18F2O3/c16-11-1-2-13(17)12(7-11)14(18)10-3-5-20-15(8-10)4-6-19-9-15/h1-2,7,10,14,18H,3-6,8-9H2. The van der Waals surface area contributed by atoms with Gasteiger partial charge in [-0.2, -0.15) is 0 Å². The van der Waals surface area contributed by atoms with Gasteiger partial charge in [-0.05, 0) is 37.0 Å². The quantitative estimate of drug-likeness (QED) is 0.907. The predicted molar refractivity (Wildman–Crippen MR) is 68.2 cm³/mol. The molecular formula is C15H18F2O3. The van der Waals surface area contributed by atoms with Crippen molar-refractivity contribution in [1.29, 1.82) is 0 Å². The molecule has 2 fully saturated rings. The van der Waals surface area contributed by atoms with Gasteiger partial charge in [-0.15, -0.1) is 0 Å². The van der Waals surface area contributed by atoms with Gasteiger partial charge in [-0.25, -0.2) is 8.78 Å². The summed E-state index contributed by atoms with van der Waals surface area (Å²) in [6.07, 6.45) is 1.04. The number of halogens is 2. The van der Waals surface area contributed by atoms with Gasteiger partial charge in [0.15, 0.2) is 0 Å². The van der Waals surface area contributed by atoms with Crippen LogP contribution in [0.4, 0.5) is 8.78 Å². The third kappa shape index (κ3) is 2.57. The second-order valence-electron chi connectivity index (χ2n) is 5.70. The van der Waals surface area contributed by atoms with Crippen LogP contribution in [0.1, 0.15) is 30.9 Å². The number of benzene rings is 1. The van der Waals surface area contributed by atoms with Crippen LogP contribution in [0.15, 0.2) is 18.2 Å². The van der Waals surface area contributed by atoms with Gasteiger partial charge in [0.05, 0.1) is 18.3 Å². The Morgan fingerprint density at radius 3 is 2.90 bits per heavy atom. The maximum absolute atomic E-state index is 13.8. The summed E-state index contributed by atoms with van der Waals surface area (Å²) in [4.78, 5) is 0. The number of hydrogen-bond acceptors (Lipinski definition) is 3. The van der Waals surface area contributed by atoms with Crippen molar-refractivity contribution in [2.75, 3.05) is 19.8 Å². The SMILES string of the molecule is OC(c1cc(F)ccc1F)C1CCOC2(CCOC2)C1. The first-order valence-corrected chi connectivity index (χ1v) is 6.94. The van der Waals surface area contributed by atoms with E-state index in [4.69, 9.17) is 9.47 Å². The normalized spacial score (nSPS) is 31.6. The van der Waals surface area contributed by atoms with Gasteiger partial charge in [0.1, 0.15) is 11.6 Å². The molecule has 2 saturated heterocycles. The average Bonchev–Trinajstić information content (AvgIpc) is 2.88. The van der Waals surface area contributed by atoms with Crippen molar-refractivity contribution in [3.63, 3.8) is 0 Å². The van der Waals surface area contributed by atoms with Crippen molar-refractivity contribution in [1.82, 2.24) is 0 Å². The molecule has 1 aromatic rings. The molecule has 0 saturated carbocycles. The molecule has 3 unspecified atom stereocenters. The molecule has 3 atom stereocenters. The summed E-state index contributed by atoms with van der Waals surface area (Å²) in [7, 11) is 0. The summed E-state index contributed by atoms with van der Waals surface area (Å²) in [5.74, 6) is -1.24. The third-order valence-corrected chi connectivity index (χ3v) is 4.32. The molecule has 3 nitrogen and oxygen atoms in total. The topological polar surface area (TPSA) is 38.7 Å². The predicted octanol–water partition coefficient (Wildman–Crippen LogP) is 2.58. The number of aliphatic hydroxyl groups is 1. The summed E-state index contributed by atoms with van der Waals surface area (Å²) >= 11 is 0. The van der Waals surface area contributed by atoms with Gasteiger partial charge in [-0.1, -0.05) is 0 Å². The highest BCUT2D eigenvalue weighted by Crippen LogP contribution is 2.41. The summed E-state index contributed by atoms with van der Waals surface area (Å²) in [6.45, 7) is 1.68. The first kappa shape index (κ1) is 13.9. The Kier molecular flexibility index (Phi) is 3.75. The van der Waals surface area contributed by atoms with Gasteiger partial charge in [0.25, 0.3) is 0 Å². The molecule has 2 aliphatic heterocycles. The van der Waals surface area contributed by atoms with E-state index in [9.17, 15) is 13.9 Å². The Labute approximate surface area is 116 Å². The fourth-order valence-electron chi connectivity index (χ4n) is 3.19. The maximum Gasteiger partial charge on any atom is 0.129 e. The minimum absolute atomic E-state index is 0.0333. The van der Waals surface area contributed by atoms with Crippen LogP contribution in [0.5, 0.6) is 0 Å². The van der Waals surface area contributed by atoms with E-state index in [1.54, 1.807) is 0 Å². The van der Waals surface area contributed by atoms with Crippen molar-refractivity contribution < 1.29 is 23.4 Å². The molecule has 0 aromatic heterocycles. The minimum atomic E-state index is -1.01. The maximum atomic E-state index is 13.8. The second kappa shape index (κ2) is 5.39. The van der Waals surface area contributed by atoms with Crippen molar-refractivity contribution in [2.45, 2.75) is 31.0 Å². The molecule has 0 bridgehead atoms. The zero-order chi connectivity index (χ0) is 14.2. The lowest BCUT2D eigenvalue weighted by atomic mass is 9.80. The number of ether oxygens (including phenoxy) is 2. The highest BCUT2D eigenvalue weighted by atomic mass is 19.1. The molecule has 3 rings (SSSR count). The molecule has 5 heteroatoms. The van der Waals surface area contributed by atoms with Crippen LogP contribution >= 0.6 is 0 Å².